The third kappa shape index (κ3) is 4.00. The van der Waals surface area contributed by atoms with Crippen molar-refractivity contribution in [1.82, 2.24) is 4.90 Å². The van der Waals surface area contributed by atoms with Gasteiger partial charge in [-0.05, 0) is 67.9 Å². The molecule has 2 bridgehead atoms. The highest BCUT2D eigenvalue weighted by Gasteiger charge is 2.61. The van der Waals surface area contributed by atoms with Crippen LogP contribution in [0.3, 0.4) is 0 Å². The Labute approximate surface area is 182 Å². The van der Waals surface area contributed by atoms with Crippen LogP contribution in [0.15, 0.2) is 24.3 Å². The number of urea groups is 1. The van der Waals surface area contributed by atoms with Crippen molar-refractivity contribution in [3.63, 3.8) is 0 Å². The maximum Gasteiger partial charge on any atom is 0.322 e. The summed E-state index contributed by atoms with van der Waals surface area (Å²) in [5.74, 6) is 0.784. The summed E-state index contributed by atoms with van der Waals surface area (Å²) in [6.07, 6.45) is 10.1. The summed E-state index contributed by atoms with van der Waals surface area (Å²) < 4.78 is 6.49. The van der Waals surface area contributed by atoms with Crippen LogP contribution in [0.4, 0.5) is 10.5 Å². The summed E-state index contributed by atoms with van der Waals surface area (Å²) >= 11 is 0. The van der Waals surface area contributed by atoms with Crippen LogP contribution in [0, 0.1) is 23.7 Å². The monoisotopic (exact) mass is 412 g/mol. The molecule has 4 nitrogen and oxygen atoms in total. The van der Waals surface area contributed by atoms with Gasteiger partial charge in [0.2, 0.25) is 0 Å². The van der Waals surface area contributed by atoms with Gasteiger partial charge in [-0.3, -0.25) is 0 Å². The number of aryl methyl sites for hydroxylation is 1. The number of amides is 2. The van der Waals surface area contributed by atoms with Crippen LogP contribution in [0.5, 0.6) is 0 Å². The van der Waals surface area contributed by atoms with E-state index in [1.54, 1.807) is 0 Å². The first-order chi connectivity index (χ1) is 14.3. The molecular weight excluding hydrogens is 372 g/mol. The van der Waals surface area contributed by atoms with Crippen LogP contribution >= 0.6 is 0 Å². The summed E-state index contributed by atoms with van der Waals surface area (Å²) in [5.41, 5.74) is 2.71. The van der Waals surface area contributed by atoms with Gasteiger partial charge in [0.05, 0.1) is 12.7 Å². The normalized spacial score (nSPS) is 30.4. The molecule has 166 valence electrons. The Hall–Kier alpha value is -1.55. The van der Waals surface area contributed by atoms with Crippen LogP contribution in [0.1, 0.15) is 77.7 Å². The number of ether oxygens (including phenoxy) is 1. The van der Waals surface area contributed by atoms with E-state index in [1.807, 2.05) is 24.3 Å². The van der Waals surface area contributed by atoms with E-state index in [1.165, 1.54) is 44.1 Å². The number of carbonyl (C=O) groups is 1. The molecule has 1 aromatic rings. The molecule has 0 radical (unpaired) electrons. The van der Waals surface area contributed by atoms with Crippen molar-refractivity contribution in [1.29, 1.82) is 0 Å². The molecule has 4 rings (SSSR count). The summed E-state index contributed by atoms with van der Waals surface area (Å²) in [4.78, 5) is 15.2. The molecule has 3 atom stereocenters. The number of carbonyl (C=O) groups excluding carboxylic acids is 1. The average Bonchev–Trinajstić information content (AvgIpc) is 3.07. The molecule has 3 fully saturated rings. The average molecular weight is 413 g/mol. The molecule has 4 heteroatoms. The molecule has 0 unspecified atom stereocenters. The predicted molar refractivity (Wildman–Crippen MR) is 123 cm³/mol. The molecule has 30 heavy (non-hydrogen) atoms. The molecule has 1 aromatic carbocycles. The van der Waals surface area contributed by atoms with Crippen molar-refractivity contribution in [2.24, 2.45) is 16.7 Å². The molecular formula is C26H40N2O2. The minimum Gasteiger partial charge on any atom is -0.376 e. The molecule has 3 aliphatic rings. The summed E-state index contributed by atoms with van der Waals surface area (Å²) in [6.45, 7) is 10.7. The lowest BCUT2D eigenvalue weighted by molar-refractivity contribution is -0.0517. The third-order valence-electron chi connectivity index (χ3n) is 8.94. The van der Waals surface area contributed by atoms with E-state index in [0.717, 1.165) is 24.4 Å². The van der Waals surface area contributed by atoms with Crippen molar-refractivity contribution in [3.05, 3.63) is 29.8 Å². The number of anilines is 1. The number of hydrogen-bond donors (Lipinski definition) is 1. The fourth-order valence-corrected chi connectivity index (χ4v) is 6.35. The number of rotatable bonds is 6. The van der Waals surface area contributed by atoms with E-state index in [9.17, 15) is 4.79 Å². The number of hydrogen-bond acceptors (Lipinski definition) is 2. The molecule has 0 aliphatic heterocycles. The van der Waals surface area contributed by atoms with E-state index < -0.39 is 0 Å². The number of nitrogens with one attached hydrogen (secondary N) is 1. The molecule has 0 saturated heterocycles. The van der Waals surface area contributed by atoms with Gasteiger partial charge in [0.15, 0.2) is 0 Å². The smallest absolute Gasteiger partial charge is 0.322 e. The standard InChI is InChI=1S/C26H40N2O2/c1-19-10-12-21(13-11-19)27-24(29)28(22-8-6-5-7-9-22)16-17-30-23-18-20-14-15-26(23,4)25(20,2)3/h10-13,20,22-23H,5-9,14-18H2,1-4H3,(H,27,29)/t20-,23+,26-/m0/s1. The van der Waals surface area contributed by atoms with Gasteiger partial charge < -0.3 is 15.0 Å². The summed E-state index contributed by atoms with van der Waals surface area (Å²) in [7, 11) is 0. The van der Waals surface area contributed by atoms with Crippen LogP contribution in [0.25, 0.3) is 0 Å². The van der Waals surface area contributed by atoms with E-state index in [0.29, 0.717) is 30.7 Å². The largest absolute Gasteiger partial charge is 0.376 e. The van der Waals surface area contributed by atoms with Crippen molar-refractivity contribution in [3.8, 4) is 0 Å². The zero-order valence-electron chi connectivity index (χ0n) is 19.4. The lowest BCUT2D eigenvalue weighted by atomic mass is 9.70. The Morgan fingerprint density at radius 1 is 1.10 bits per heavy atom. The van der Waals surface area contributed by atoms with Crippen LogP contribution in [-0.2, 0) is 4.74 Å². The molecule has 3 aliphatic carbocycles. The highest BCUT2D eigenvalue weighted by Crippen LogP contribution is 2.66. The molecule has 0 spiro atoms. The topological polar surface area (TPSA) is 41.6 Å². The first-order valence-corrected chi connectivity index (χ1v) is 12.1. The van der Waals surface area contributed by atoms with Gasteiger partial charge in [0, 0.05) is 18.3 Å². The van der Waals surface area contributed by atoms with Crippen molar-refractivity contribution in [2.45, 2.75) is 91.2 Å². The van der Waals surface area contributed by atoms with Gasteiger partial charge in [0.1, 0.15) is 0 Å². The second-order valence-corrected chi connectivity index (χ2v) is 10.8. The molecule has 2 amide bonds. The Morgan fingerprint density at radius 2 is 1.80 bits per heavy atom. The third-order valence-corrected chi connectivity index (χ3v) is 8.94. The maximum atomic E-state index is 13.2. The van der Waals surface area contributed by atoms with Gasteiger partial charge in [0.25, 0.3) is 0 Å². The summed E-state index contributed by atoms with van der Waals surface area (Å²) in [6, 6.07) is 8.42. The zero-order chi connectivity index (χ0) is 21.4. The highest BCUT2D eigenvalue weighted by molar-refractivity contribution is 5.89. The second kappa shape index (κ2) is 8.53. The van der Waals surface area contributed by atoms with E-state index in [2.05, 4.69) is 37.9 Å². The zero-order valence-corrected chi connectivity index (χ0v) is 19.4. The lowest BCUT2D eigenvalue weighted by Gasteiger charge is -2.39. The fourth-order valence-electron chi connectivity index (χ4n) is 6.35. The Balaban J connectivity index is 1.38. The van der Waals surface area contributed by atoms with Crippen LogP contribution in [-0.4, -0.2) is 36.2 Å². The van der Waals surface area contributed by atoms with E-state index in [-0.39, 0.29) is 11.4 Å². The van der Waals surface area contributed by atoms with Gasteiger partial charge in [-0.2, -0.15) is 0 Å². The molecule has 3 saturated carbocycles. The predicted octanol–water partition coefficient (Wildman–Crippen LogP) is 6.39. The first-order valence-electron chi connectivity index (χ1n) is 12.1. The minimum atomic E-state index is 0.0221. The van der Waals surface area contributed by atoms with Gasteiger partial charge in [-0.25, -0.2) is 4.79 Å². The molecule has 1 N–H and O–H groups in total. The number of fused-ring (bicyclic) bond motifs is 2. The molecule has 0 heterocycles. The highest BCUT2D eigenvalue weighted by atomic mass is 16.5. The Bertz CT molecular complexity index is 738. The number of nitrogens with zero attached hydrogens (tertiary/aromatic N) is 1. The fraction of sp³-hybridized carbons (Fsp3) is 0.731. The van der Waals surface area contributed by atoms with Gasteiger partial charge in [-0.15, -0.1) is 0 Å². The van der Waals surface area contributed by atoms with Crippen molar-refractivity contribution in [2.75, 3.05) is 18.5 Å². The van der Waals surface area contributed by atoms with E-state index >= 15 is 0 Å². The van der Waals surface area contributed by atoms with Gasteiger partial charge >= 0.3 is 6.03 Å². The minimum absolute atomic E-state index is 0.0221. The van der Waals surface area contributed by atoms with Crippen molar-refractivity contribution >= 4 is 11.7 Å². The lowest BCUT2D eigenvalue weighted by Crippen LogP contribution is -2.46. The first kappa shape index (κ1) is 21.7. The van der Waals surface area contributed by atoms with Gasteiger partial charge in [-0.1, -0.05) is 57.7 Å². The van der Waals surface area contributed by atoms with Crippen LogP contribution in [0.2, 0.25) is 0 Å². The van der Waals surface area contributed by atoms with Crippen molar-refractivity contribution < 1.29 is 9.53 Å². The Kier molecular flexibility index (Phi) is 6.16. The second-order valence-electron chi connectivity index (χ2n) is 10.8. The van der Waals surface area contributed by atoms with E-state index in [4.69, 9.17) is 4.74 Å². The number of benzene rings is 1. The van der Waals surface area contributed by atoms with Crippen LogP contribution < -0.4 is 5.32 Å². The maximum absolute atomic E-state index is 13.2. The SMILES string of the molecule is Cc1ccc(NC(=O)N(CCO[C@@H]2C[C@@H]3CC[C@]2(C)C3(C)C)C2CCCCC2)cc1. The summed E-state index contributed by atoms with van der Waals surface area (Å²) in [5, 5.41) is 3.12. The molecule has 0 aromatic heterocycles. The Morgan fingerprint density at radius 3 is 2.40 bits per heavy atom. The quantitative estimate of drug-likeness (QED) is 0.588.